The maximum Gasteiger partial charge on any atom is 0.387 e. The summed E-state index contributed by atoms with van der Waals surface area (Å²) in [5.74, 6) is 0.0424. The lowest BCUT2D eigenvalue weighted by Crippen LogP contribution is -2.05. The minimum Gasteiger partial charge on any atom is -0.435 e. The smallest absolute Gasteiger partial charge is 0.387 e. The Morgan fingerprint density at radius 2 is 2.20 bits per heavy atom. The quantitative estimate of drug-likeness (QED) is 0.886. The summed E-state index contributed by atoms with van der Waals surface area (Å²) in [5.41, 5.74) is 1.42. The van der Waals surface area contributed by atoms with Gasteiger partial charge in [-0.25, -0.2) is 0 Å². The van der Waals surface area contributed by atoms with Crippen molar-refractivity contribution in [1.29, 1.82) is 0 Å². The Labute approximate surface area is 115 Å². The van der Waals surface area contributed by atoms with Crippen molar-refractivity contribution in [3.8, 4) is 5.75 Å². The second-order valence-corrected chi connectivity index (χ2v) is 4.38. The molecule has 108 valence electrons. The van der Waals surface area contributed by atoms with Gasteiger partial charge in [-0.3, -0.25) is 4.68 Å². The SMILES string of the molecule is CCn1cc(CC(O)c2cccc(OC(F)F)c2)cn1. The van der Waals surface area contributed by atoms with Gasteiger partial charge < -0.3 is 9.84 Å². The number of benzene rings is 1. The number of rotatable bonds is 6. The first-order valence-electron chi connectivity index (χ1n) is 6.32. The van der Waals surface area contributed by atoms with Crippen molar-refractivity contribution < 1.29 is 18.6 Å². The summed E-state index contributed by atoms with van der Waals surface area (Å²) >= 11 is 0. The summed E-state index contributed by atoms with van der Waals surface area (Å²) in [6.45, 7) is -0.142. The Hall–Kier alpha value is -1.95. The number of halogens is 2. The van der Waals surface area contributed by atoms with Crippen molar-refractivity contribution in [3.05, 3.63) is 47.8 Å². The number of aliphatic hydroxyl groups excluding tert-OH is 1. The minimum absolute atomic E-state index is 0.0424. The molecule has 1 N–H and O–H groups in total. The van der Waals surface area contributed by atoms with E-state index in [0.717, 1.165) is 12.1 Å². The van der Waals surface area contributed by atoms with Crippen LogP contribution < -0.4 is 4.74 Å². The molecule has 1 unspecified atom stereocenters. The summed E-state index contributed by atoms with van der Waals surface area (Å²) < 4.78 is 30.4. The van der Waals surface area contributed by atoms with Crippen LogP contribution in [0.15, 0.2) is 36.7 Å². The molecule has 0 aliphatic carbocycles. The van der Waals surface area contributed by atoms with Crippen LogP contribution in [0.1, 0.15) is 24.2 Å². The van der Waals surface area contributed by atoms with Crippen molar-refractivity contribution in [2.24, 2.45) is 0 Å². The van der Waals surface area contributed by atoms with Crippen LogP contribution in [0, 0.1) is 0 Å². The van der Waals surface area contributed by atoms with E-state index >= 15 is 0 Å². The highest BCUT2D eigenvalue weighted by Gasteiger charge is 2.12. The predicted octanol–water partition coefficient (Wildman–Crippen LogP) is 2.78. The average molecular weight is 282 g/mol. The molecule has 0 saturated heterocycles. The fourth-order valence-electron chi connectivity index (χ4n) is 1.92. The Balaban J connectivity index is 2.06. The molecule has 0 saturated carbocycles. The molecule has 1 heterocycles. The summed E-state index contributed by atoms with van der Waals surface area (Å²) in [6.07, 6.45) is 3.12. The van der Waals surface area contributed by atoms with E-state index in [1.165, 1.54) is 12.1 Å². The van der Waals surface area contributed by atoms with Gasteiger partial charge in [0.05, 0.1) is 12.3 Å². The number of alkyl halides is 2. The molecule has 1 atom stereocenters. The number of aromatic nitrogens is 2. The summed E-state index contributed by atoms with van der Waals surface area (Å²) in [7, 11) is 0. The van der Waals surface area contributed by atoms with Gasteiger partial charge in [0.15, 0.2) is 0 Å². The molecule has 6 heteroatoms. The number of hydrogen-bond donors (Lipinski definition) is 1. The minimum atomic E-state index is -2.87. The van der Waals surface area contributed by atoms with Crippen LogP contribution in [0.4, 0.5) is 8.78 Å². The van der Waals surface area contributed by atoms with Crippen molar-refractivity contribution in [1.82, 2.24) is 9.78 Å². The second kappa shape index (κ2) is 6.47. The topological polar surface area (TPSA) is 47.3 Å². The van der Waals surface area contributed by atoms with E-state index in [1.54, 1.807) is 23.0 Å². The standard InChI is InChI=1S/C14H16F2N2O2/c1-2-18-9-10(8-17-18)6-13(19)11-4-3-5-12(7-11)20-14(15)16/h3-5,7-9,13-14,19H,2,6H2,1H3. The first-order chi connectivity index (χ1) is 9.58. The van der Waals surface area contributed by atoms with E-state index in [0.29, 0.717) is 12.0 Å². The van der Waals surface area contributed by atoms with Gasteiger partial charge in [-0.2, -0.15) is 13.9 Å². The number of hydrogen-bond acceptors (Lipinski definition) is 3. The van der Waals surface area contributed by atoms with Crippen molar-refractivity contribution in [2.45, 2.75) is 32.6 Å². The van der Waals surface area contributed by atoms with E-state index in [2.05, 4.69) is 9.84 Å². The third kappa shape index (κ3) is 3.77. The molecule has 2 rings (SSSR count). The molecule has 0 spiro atoms. The lowest BCUT2D eigenvalue weighted by atomic mass is 10.0. The van der Waals surface area contributed by atoms with Crippen molar-refractivity contribution in [3.63, 3.8) is 0 Å². The first-order valence-corrected chi connectivity index (χ1v) is 6.32. The lowest BCUT2D eigenvalue weighted by molar-refractivity contribution is -0.0499. The molecule has 1 aromatic carbocycles. The van der Waals surface area contributed by atoms with E-state index < -0.39 is 12.7 Å². The van der Waals surface area contributed by atoms with Crippen LogP contribution in [0.2, 0.25) is 0 Å². The zero-order valence-electron chi connectivity index (χ0n) is 11.0. The van der Waals surface area contributed by atoms with Gasteiger partial charge in [0, 0.05) is 19.2 Å². The zero-order chi connectivity index (χ0) is 14.5. The largest absolute Gasteiger partial charge is 0.435 e. The molecule has 0 amide bonds. The Morgan fingerprint density at radius 1 is 1.40 bits per heavy atom. The summed E-state index contributed by atoms with van der Waals surface area (Å²) in [5, 5.41) is 14.3. The Kier molecular flexibility index (Phi) is 4.68. The van der Waals surface area contributed by atoms with Crippen LogP contribution in [-0.4, -0.2) is 21.5 Å². The molecule has 0 radical (unpaired) electrons. The van der Waals surface area contributed by atoms with Crippen LogP contribution in [0.3, 0.4) is 0 Å². The molecule has 1 aromatic heterocycles. The maximum atomic E-state index is 12.1. The van der Waals surface area contributed by atoms with Gasteiger partial charge in [-0.1, -0.05) is 12.1 Å². The van der Waals surface area contributed by atoms with Crippen LogP contribution in [-0.2, 0) is 13.0 Å². The fraction of sp³-hybridized carbons (Fsp3) is 0.357. The monoisotopic (exact) mass is 282 g/mol. The van der Waals surface area contributed by atoms with E-state index in [-0.39, 0.29) is 5.75 Å². The van der Waals surface area contributed by atoms with Gasteiger partial charge in [-0.05, 0) is 30.2 Å². The first kappa shape index (κ1) is 14.5. The molecule has 0 fully saturated rings. The van der Waals surface area contributed by atoms with Crippen molar-refractivity contribution in [2.75, 3.05) is 0 Å². The fourth-order valence-corrected chi connectivity index (χ4v) is 1.92. The number of aliphatic hydroxyl groups is 1. The molecule has 2 aromatic rings. The number of aryl methyl sites for hydroxylation is 1. The molecule has 4 nitrogen and oxygen atoms in total. The van der Waals surface area contributed by atoms with Gasteiger partial charge >= 0.3 is 6.61 Å². The molecule has 0 aliphatic rings. The number of ether oxygens (including phenoxy) is 1. The average Bonchev–Trinajstić information content (AvgIpc) is 2.86. The van der Waals surface area contributed by atoms with Crippen LogP contribution in [0.25, 0.3) is 0 Å². The van der Waals surface area contributed by atoms with E-state index in [1.807, 2.05) is 13.1 Å². The van der Waals surface area contributed by atoms with Crippen molar-refractivity contribution >= 4 is 0 Å². The van der Waals surface area contributed by atoms with Gasteiger partial charge in [0.2, 0.25) is 0 Å². The van der Waals surface area contributed by atoms with Gasteiger partial charge in [-0.15, -0.1) is 0 Å². The third-order valence-corrected chi connectivity index (χ3v) is 2.91. The van der Waals surface area contributed by atoms with Crippen LogP contribution in [0.5, 0.6) is 5.75 Å². The third-order valence-electron chi connectivity index (χ3n) is 2.91. The Morgan fingerprint density at radius 3 is 2.85 bits per heavy atom. The molecule has 0 aliphatic heterocycles. The normalized spacial score (nSPS) is 12.7. The van der Waals surface area contributed by atoms with Crippen LogP contribution >= 0.6 is 0 Å². The second-order valence-electron chi connectivity index (χ2n) is 4.38. The summed E-state index contributed by atoms with van der Waals surface area (Å²) in [6, 6.07) is 6.09. The molecule has 20 heavy (non-hydrogen) atoms. The number of nitrogens with zero attached hydrogens (tertiary/aromatic N) is 2. The van der Waals surface area contributed by atoms with Gasteiger partial charge in [0.1, 0.15) is 5.75 Å². The van der Waals surface area contributed by atoms with E-state index in [9.17, 15) is 13.9 Å². The summed E-state index contributed by atoms with van der Waals surface area (Å²) in [4.78, 5) is 0. The maximum absolute atomic E-state index is 12.1. The molecular formula is C14H16F2N2O2. The highest BCUT2D eigenvalue weighted by molar-refractivity contribution is 5.30. The zero-order valence-corrected chi connectivity index (χ0v) is 11.0. The molecule has 0 bridgehead atoms. The molecular weight excluding hydrogens is 266 g/mol. The Bertz CT molecular complexity index is 558. The van der Waals surface area contributed by atoms with E-state index in [4.69, 9.17) is 0 Å². The van der Waals surface area contributed by atoms with Gasteiger partial charge in [0.25, 0.3) is 0 Å². The highest BCUT2D eigenvalue weighted by atomic mass is 19.3. The predicted molar refractivity (Wildman–Crippen MR) is 69.6 cm³/mol. The highest BCUT2D eigenvalue weighted by Crippen LogP contribution is 2.23. The lowest BCUT2D eigenvalue weighted by Gasteiger charge is -2.11.